The molecule has 0 aliphatic rings. The molecule has 0 N–H and O–H groups in total. The minimum atomic E-state index is -0.0276. The molecule has 0 saturated carbocycles. The highest BCUT2D eigenvalue weighted by molar-refractivity contribution is 5.77. The summed E-state index contributed by atoms with van der Waals surface area (Å²) in [6.07, 6.45) is 0.999. The van der Waals surface area contributed by atoms with E-state index < -0.39 is 0 Å². The van der Waals surface area contributed by atoms with E-state index in [1.807, 2.05) is 36.4 Å². The Morgan fingerprint density at radius 1 is 1.00 bits per heavy atom. The number of carbonyl (C=O) groups excluding carboxylic acids is 1. The summed E-state index contributed by atoms with van der Waals surface area (Å²) in [5, 5.41) is 0. The Morgan fingerprint density at radius 2 is 1.59 bits per heavy atom. The summed E-state index contributed by atoms with van der Waals surface area (Å²) in [7, 11) is 1.80. The highest BCUT2D eigenvalue weighted by Crippen LogP contribution is 2.13. The van der Waals surface area contributed by atoms with Crippen molar-refractivity contribution in [1.82, 2.24) is 4.90 Å². The molecule has 0 unspecified atom stereocenters. The van der Waals surface area contributed by atoms with Crippen molar-refractivity contribution in [2.24, 2.45) is 0 Å². The molecule has 0 heterocycles. The Hall–Kier alpha value is -2.29. The monoisotopic (exact) mass is 297 g/mol. The predicted octanol–water partition coefficient (Wildman–Crippen LogP) is 3.59. The van der Waals surface area contributed by atoms with Gasteiger partial charge in [-0.05, 0) is 36.6 Å². The van der Waals surface area contributed by atoms with Gasteiger partial charge in [0.05, 0.1) is 0 Å². The van der Waals surface area contributed by atoms with Crippen LogP contribution in [0, 0.1) is 6.92 Å². The third-order valence-corrected chi connectivity index (χ3v) is 3.66. The zero-order chi connectivity index (χ0) is 15.9. The normalized spacial score (nSPS) is 10.3. The largest absolute Gasteiger partial charge is 0.484 e. The summed E-state index contributed by atoms with van der Waals surface area (Å²) in [4.78, 5) is 13.8. The van der Waals surface area contributed by atoms with E-state index in [4.69, 9.17) is 4.74 Å². The fraction of sp³-hybridized carbons (Fsp3) is 0.316. The van der Waals surface area contributed by atoms with Crippen molar-refractivity contribution in [2.45, 2.75) is 26.8 Å². The molecule has 0 bridgehead atoms. The van der Waals surface area contributed by atoms with Gasteiger partial charge in [-0.2, -0.15) is 0 Å². The maximum atomic E-state index is 12.1. The number of amides is 1. The molecular formula is C19H23NO2. The molecule has 3 heteroatoms. The van der Waals surface area contributed by atoms with E-state index in [1.165, 1.54) is 11.1 Å². The summed E-state index contributed by atoms with van der Waals surface area (Å²) in [6.45, 7) is 4.82. The van der Waals surface area contributed by atoms with Gasteiger partial charge >= 0.3 is 0 Å². The van der Waals surface area contributed by atoms with Gasteiger partial charge < -0.3 is 9.64 Å². The van der Waals surface area contributed by atoms with E-state index in [0.717, 1.165) is 17.7 Å². The number of carbonyl (C=O) groups is 1. The van der Waals surface area contributed by atoms with Gasteiger partial charge in [0.2, 0.25) is 0 Å². The van der Waals surface area contributed by atoms with Gasteiger partial charge in [0.25, 0.3) is 5.91 Å². The second kappa shape index (κ2) is 7.64. The molecule has 2 rings (SSSR count). The van der Waals surface area contributed by atoms with Gasteiger partial charge in [-0.1, -0.05) is 48.9 Å². The lowest BCUT2D eigenvalue weighted by molar-refractivity contribution is -0.132. The maximum absolute atomic E-state index is 12.1. The van der Waals surface area contributed by atoms with Crippen LogP contribution >= 0.6 is 0 Å². The van der Waals surface area contributed by atoms with Crippen LogP contribution in [0.25, 0.3) is 0 Å². The number of benzene rings is 2. The molecule has 2 aromatic rings. The first-order valence-corrected chi connectivity index (χ1v) is 7.59. The van der Waals surface area contributed by atoms with Crippen LogP contribution in [-0.2, 0) is 17.8 Å². The topological polar surface area (TPSA) is 29.5 Å². The van der Waals surface area contributed by atoms with E-state index in [-0.39, 0.29) is 12.5 Å². The summed E-state index contributed by atoms with van der Waals surface area (Å²) in [5.74, 6) is 0.703. The first-order valence-electron chi connectivity index (χ1n) is 7.59. The van der Waals surface area contributed by atoms with Crippen molar-refractivity contribution in [3.63, 3.8) is 0 Å². The lowest BCUT2D eigenvalue weighted by Crippen LogP contribution is -2.30. The van der Waals surface area contributed by atoms with Gasteiger partial charge in [0.15, 0.2) is 6.61 Å². The molecule has 116 valence electrons. The molecule has 1 amide bonds. The molecule has 22 heavy (non-hydrogen) atoms. The summed E-state index contributed by atoms with van der Waals surface area (Å²) < 4.78 is 5.55. The standard InChI is InChI=1S/C19H23NO2/c1-4-16-9-11-18(12-10-16)22-14-19(21)20(3)13-17-7-5-15(2)6-8-17/h5-12H,4,13-14H2,1-3H3. The first kappa shape index (κ1) is 16.1. The zero-order valence-electron chi connectivity index (χ0n) is 13.5. The number of rotatable bonds is 6. The second-order valence-corrected chi connectivity index (χ2v) is 5.52. The van der Waals surface area contributed by atoms with Gasteiger partial charge in [0.1, 0.15) is 5.75 Å². The van der Waals surface area contributed by atoms with Crippen molar-refractivity contribution in [3.8, 4) is 5.75 Å². The van der Waals surface area contributed by atoms with Crippen molar-refractivity contribution in [1.29, 1.82) is 0 Å². The number of ether oxygens (including phenoxy) is 1. The Kier molecular flexibility index (Phi) is 5.59. The maximum Gasteiger partial charge on any atom is 0.260 e. The van der Waals surface area contributed by atoms with Crippen LogP contribution < -0.4 is 4.74 Å². The third-order valence-electron chi connectivity index (χ3n) is 3.66. The molecule has 0 radical (unpaired) electrons. The van der Waals surface area contributed by atoms with Gasteiger partial charge in [0, 0.05) is 13.6 Å². The highest BCUT2D eigenvalue weighted by atomic mass is 16.5. The second-order valence-electron chi connectivity index (χ2n) is 5.52. The van der Waals surface area contributed by atoms with Crippen molar-refractivity contribution >= 4 is 5.91 Å². The van der Waals surface area contributed by atoms with E-state index in [9.17, 15) is 4.79 Å². The Morgan fingerprint density at radius 3 is 2.18 bits per heavy atom. The number of aryl methyl sites for hydroxylation is 2. The average Bonchev–Trinajstić information content (AvgIpc) is 2.55. The minimum Gasteiger partial charge on any atom is -0.484 e. The van der Waals surface area contributed by atoms with Crippen LogP contribution in [0.1, 0.15) is 23.6 Å². The molecular weight excluding hydrogens is 274 g/mol. The zero-order valence-corrected chi connectivity index (χ0v) is 13.5. The van der Waals surface area contributed by atoms with Crippen LogP contribution in [0.4, 0.5) is 0 Å². The smallest absolute Gasteiger partial charge is 0.260 e. The predicted molar refractivity (Wildman–Crippen MR) is 89.0 cm³/mol. The first-order chi connectivity index (χ1) is 10.6. The molecule has 0 spiro atoms. The van der Waals surface area contributed by atoms with Crippen molar-refractivity contribution < 1.29 is 9.53 Å². The Balaban J connectivity index is 1.84. The lowest BCUT2D eigenvalue weighted by atomic mass is 10.1. The molecule has 0 aliphatic carbocycles. The Bertz CT molecular complexity index is 602. The minimum absolute atomic E-state index is 0.0276. The van der Waals surface area contributed by atoms with Crippen LogP contribution in [-0.4, -0.2) is 24.5 Å². The van der Waals surface area contributed by atoms with E-state index >= 15 is 0 Å². The fourth-order valence-electron chi connectivity index (χ4n) is 2.13. The lowest BCUT2D eigenvalue weighted by Gasteiger charge is -2.17. The highest BCUT2D eigenvalue weighted by Gasteiger charge is 2.10. The van der Waals surface area contributed by atoms with Crippen molar-refractivity contribution in [3.05, 3.63) is 65.2 Å². The van der Waals surface area contributed by atoms with Crippen LogP contribution in [0.5, 0.6) is 5.75 Å². The molecule has 0 atom stereocenters. The molecule has 0 aromatic heterocycles. The van der Waals surface area contributed by atoms with Gasteiger partial charge in [-0.15, -0.1) is 0 Å². The third kappa shape index (κ3) is 4.62. The number of hydrogen-bond donors (Lipinski definition) is 0. The van der Waals surface area contributed by atoms with Gasteiger partial charge in [-0.25, -0.2) is 0 Å². The quantitative estimate of drug-likeness (QED) is 0.815. The van der Waals surface area contributed by atoms with E-state index in [0.29, 0.717) is 6.54 Å². The summed E-state index contributed by atoms with van der Waals surface area (Å²) in [6, 6.07) is 16.1. The number of hydrogen-bond acceptors (Lipinski definition) is 2. The average molecular weight is 297 g/mol. The number of nitrogens with zero attached hydrogens (tertiary/aromatic N) is 1. The summed E-state index contributed by atoms with van der Waals surface area (Å²) in [5.41, 5.74) is 3.60. The number of likely N-dealkylation sites (N-methyl/N-ethyl adjacent to an activating group) is 1. The Labute approximate surface area is 132 Å². The molecule has 0 saturated heterocycles. The van der Waals surface area contributed by atoms with Crippen LogP contribution in [0.2, 0.25) is 0 Å². The van der Waals surface area contributed by atoms with Crippen molar-refractivity contribution in [2.75, 3.05) is 13.7 Å². The van der Waals surface area contributed by atoms with E-state index in [2.05, 4.69) is 26.0 Å². The molecule has 3 nitrogen and oxygen atoms in total. The molecule has 2 aromatic carbocycles. The SMILES string of the molecule is CCc1ccc(OCC(=O)N(C)Cc2ccc(C)cc2)cc1. The molecule has 0 fully saturated rings. The van der Waals surface area contributed by atoms with Crippen LogP contribution in [0.15, 0.2) is 48.5 Å². The van der Waals surface area contributed by atoms with Gasteiger partial charge in [-0.3, -0.25) is 4.79 Å². The molecule has 0 aliphatic heterocycles. The van der Waals surface area contributed by atoms with Crippen LogP contribution in [0.3, 0.4) is 0 Å². The summed E-state index contributed by atoms with van der Waals surface area (Å²) >= 11 is 0. The van der Waals surface area contributed by atoms with E-state index in [1.54, 1.807) is 11.9 Å². The fourth-order valence-corrected chi connectivity index (χ4v) is 2.13.